The van der Waals surface area contributed by atoms with Gasteiger partial charge in [-0.2, -0.15) is 0 Å². The molecule has 1 aliphatic heterocycles. The summed E-state index contributed by atoms with van der Waals surface area (Å²) >= 11 is 0. The molecule has 10 heteroatoms. The molecule has 5 rings (SSSR count). The second kappa shape index (κ2) is 7.77. The topological polar surface area (TPSA) is 115 Å². The summed E-state index contributed by atoms with van der Waals surface area (Å²) < 4.78 is 54.6. The van der Waals surface area contributed by atoms with E-state index in [1.54, 1.807) is 0 Å². The van der Waals surface area contributed by atoms with Crippen molar-refractivity contribution in [2.45, 2.75) is 11.4 Å². The third-order valence-electron chi connectivity index (χ3n) is 5.64. The fraction of sp³-hybridized carbons (Fsp3) is 0.0833. The van der Waals surface area contributed by atoms with Gasteiger partial charge in [-0.15, -0.1) is 0 Å². The lowest BCUT2D eigenvalue weighted by Gasteiger charge is -2.20. The molecule has 1 aliphatic rings. The number of nitrogen functional groups attached to an aromatic ring is 1. The normalized spacial score (nSPS) is 14.6. The van der Waals surface area contributed by atoms with E-state index in [1.807, 2.05) is 0 Å². The van der Waals surface area contributed by atoms with Gasteiger partial charge in [0, 0.05) is 11.1 Å². The average molecular weight is 481 g/mol. The number of benzene rings is 3. The Balaban J connectivity index is 1.79. The van der Waals surface area contributed by atoms with Gasteiger partial charge >= 0.3 is 0 Å². The zero-order valence-electron chi connectivity index (χ0n) is 17.5. The quantitative estimate of drug-likeness (QED) is 0.435. The van der Waals surface area contributed by atoms with Crippen molar-refractivity contribution in [3.05, 3.63) is 93.8 Å². The van der Waals surface area contributed by atoms with E-state index in [0.29, 0.717) is 5.56 Å². The Kier molecular flexibility index (Phi) is 4.98. The number of pyridine rings is 1. The summed E-state index contributed by atoms with van der Waals surface area (Å²) in [5.74, 6) is -2.32. The predicted molar refractivity (Wildman–Crippen MR) is 124 cm³/mol. The van der Waals surface area contributed by atoms with Crippen LogP contribution in [0.1, 0.15) is 11.1 Å². The monoisotopic (exact) mass is 481 g/mol. The van der Waals surface area contributed by atoms with Crippen LogP contribution in [-0.4, -0.2) is 29.6 Å². The molecule has 3 N–H and O–H groups in total. The fourth-order valence-electron chi connectivity index (χ4n) is 4.04. The summed E-state index contributed by atoms with van der Waals surface area (Å²) in [5, 5.41) is 11.0. The van der Waals surface area contributed by atoms with Crippen molar-refractivity contribution in [3.63, 3.8) is 0 Å². The molecule has 2 heterocycles. The van der Waals surface area contributed by atoms with E-state index in [0.717, 1.165) is 12.1 Å². The molecule has 0 fully saturated rings. The standard InChI is InChI=1S/C24H17F2N3O4S/c25-14-3-1-13(2-4-14)11-29-20-8-5-15(26)9-17(20)23(30)22(24(29)31)19-12-34(32,33)21-10-16(27)6-7-18(21)28-19/h1-10,30H,11-12,27H2. The van der Waals surface area contributed by atoms with E-state index < -0.39 is 38.5 Å². The van der Waals surface area contributed by atoms with E-state index in [2.05, 4.69) is 4.99 Å². The molecule has 3 aromatic carbocycles. The fourth-order valence-corrected chi connectivity index (χ4v) is 5.51. The molecule has 172 valence electrons. The van der Waals surface area contributed by atoms with Crippen LogP contribution in [0.4, 0.5) is 20.2 Å². The van der Waals surface area contributed by atoms with E-state index in [-0.39, 0.29) is 45.0 Å². The molecule has 0 bridgehead atoms. The molecule has 0 spiro atoms. The van der Waals surface area contributed by atoms with Crippen LogP contribution in [0, 0.1) is 11.6 Å². The Labute approximate surface area is 192 Å². The molecule has 0 saturated heterocycles. The van der Waals surface area contributed by atoms with Crippen molar-refractivity contribution in [3.8, 4) is 5.75 Å². The van der Waals surface area contributed by atoms with Crippen molar-refractivity contribution in [1.29, 1.82) is 0 Å². The summed E-state index contributed by atoms with van der Waals surface area (Å²) in [6.45, 7) is -0.0261. The molecule has 0 aliphatic carbocycles. The highest BCUT2D eigenvalue weighted by atomic mass is 32.2. The van der Waals surface area contributed by atoms with Crippen molar-refractivity contribution < 1.29 is 22.3 Å². The number of aromatic hydroxyl groups is 1. The molecule has 7 nitrogen and oxygen atoms in total. The van der Waals surface area contributed by atoms with E-state index >= 15 is 0 Å². The van der Waals surface area contributed by atoms with Gasteiger partial charge in [-0.05, 0) is 54.1 Å². The molecule has 0 unspecified atom stereocenters. The Morgan fingerprint density at radius 1 is 1.00 bits per heavy atom. The third kappa shape index (κ3) is 3.61. The van der Waals surface area contributed by atoms with Crippen LogP contribution >= 0.6 is 0 Å². The largest absolute Gasteiger partial charge is 0.506 e. The average Bonchev–Trinajstić information content (AvgIpc) is 2.78. The van der Waals surface area contributed by atoms with Crippen LogP contribution in [0.5, 0.6) is 5.75 Å². The van der Waals surface area contributed by atoms with Gasteiger partial charge in [0.05, 0.1) is 34.1 Å². The van der Waals surface area contributed by atoms with E-state index in [4.69, 9.17) is 5.73 Å². The molecule has 0 atom stereocenters. The maximum Gasteiger partial charge on any atom is 0.264 e. The van der Waals surface area contributed by atoms with Gasteiger partial charge in [0.15, 0.2) is 9.84 Å². The van der Waals surface area contributed by atoms with Crippen LogP contribution in [0.3, 0.4) is 0 Å². The number of halogens is 2. The van der Waals surface area contributed by atoms with Crippen LogP contribution < -0.4 is 11.3 Å². The molecule has 1 aromatic heterocycles. The highest BCUT2D eigenvalue weighted by Gasteiger charge is 2.31. The maximum atomic E-state index is 14.1. The highest BCUT2D eigenvalue weighted by Crippen LogP contribution is 2.35. The van der Waals surface area contributed by atoms with Gasteiger partial charge in [0.2, 0.25) is 0 Å². The minimum absolute atomic E-state index is 0.0138. The SMILES string of the molecule is Nc1ccc2c(c1)S(=O)(=O)CC(c1c(O)c3cc(F)ccc3n(Cc3ccc(F)cc3)c1=O)=N2. The first-order valence-electron chi connectivity index (χ1n) is 10.1. The number of sulfone groups is 1. The number of nitrogens with zero attached hydrogens (tertiary/aromatic N) is 2. The minimum Gasteiger partial charge on any atom is -0.506 e. The number of nitrogens with two attached hydrogens (primary N) is 1. The lowest BCUT2D eigenvalue weighted by atomic mass is 10.1. The van der Waals surface area contributed by atoms with E-state index in [1.165, 1.54) is 53.1 Å². The summed E-state index contributed by atoms with van der Waals surface area (Å²) in [6.07, 6.45) is 0. The first kappa shape index (κ1) is 21.8. The maximum absolute atomic E-state index is 14.1. The number of anilines is 1. The Bertz CT molecular complexity index is 1680. The van der Waals surface area contributed by atoms with E-state index in [9.17, 15) is 27.1 Å². The van der Waals surface area contributed by atoms with Gasteiger partial charge < -0.3 is 15.4 Å². The molecule has 0 amide bonds. The minimum atomic E-state index is -3.92. The van der Waals surface area contributed by atoms with Crippen LogP contribution in [-0.2, 0) is 16.4 Å². The summed E-state index contributed by atoms with van der Waals surface area (Å²) in [4.78, 5) is 17.8. The Morgan fingerprint density at radius 2 is 1.71 bits per heavy atom. The van der Waals surface area contributed by atoms with Gasteiger partial charge in [-0.1, -0.05) is 12.1 Å². The summed E-state index contributed by atoms with van der Waals surface area (Å²) in [6, 6.07) is 13.2. The molecule has 0 saturated carbocycles. The number of fused-ring (bicyclic) bond motifs is 2. The number of hydrogen-bond donors (Lipinski definition) is 2. The molecule has 4 aromatic rings. The van der Waals surface area contributed by atoms with Crippen LogP contribution in [0.2, 0.25) is 0 Å². The number of hydrogen-bond acceptors (Lipinski definition) is 6. The lowest BCUT2D eigenvalue weighted by Crippen LogP contribution is -2.32. The zero-order valence-corrected chi connectivity index (χ0v) is 18.3. The molecule has 34 heavy (non-hydrogen) atoms. The zero-order chi connectivity index (χ0) is 24.2. The second-order valence-electron chi connectivity index (χ2n) is 7.95. The predicted octanol–water partition coefficient (Wildman–Crippen LogP) is 3.52. The van der Waals surface area contributed by atoms with Gasteiger partial charge in [-0.3, -0.25) is 9.79 Å². The number of aliphatic imine (C=N–C) groups is 1. The molecule has 0 radical (unpaired) electrons. The Morgan fingerprint density at radius 3 is 2.44 bits per heavy atom. The highest BCUT2D eigenvalue weighted by molar-refractivity contribution is 7.92. The second-order valence-corrected chi connectivity index (χ2v) is 9.91. The van der Waals surface area contributed by atoms with Crippen molar-refractivity contribution in [2.75, 3.05) is 11.5 Å². The number of aromatic nitrogens is 1. The first-order valence-corrected chi connectivity index (χ1v) is 11.8. The third-order valence-corrected chi connectivity index (χ3v) is 7.29. The van der Waals surface area contributed by atoms with Crippen molar-refractivity contribution >= 4 is 37.8 Å². The van der Waals surface area contributed by atoms with Gasteiger partial charge in [0.1, 0.15) is 22.9 Å². The Hall–Kier alpha value is -4.05. The smallest absolute Gasteiger partial charge is 0.264 e. The van der Waals surface area contributed by atoms with Gasteiger partial charge in [-0.25, -0.2) is 17.2 Å². The van der Waals surface area contributed by atoms with Crippen LogP contribution in [0.15, 0.2) is 75.3 Å². The van der Waals surface area contributed by atoms with Gasteiger partial charge in [0.25, 0.3) is 5.56 Å². The summed E-state index contributed by atoms with van der Waals surface area (Å²) in [7, 11) is -3.92. The molecular formula is C24H17F2N3O4S. The van der Waals surface area contributed by atoms with Crippen molar-refractivity contribution in [2.24, 2.45) is 4.99 Å². The number of rotatable bonds is 3. The lowest BCUT2D eigenvalue weighted by molar-refractivity contribution is 0.477. The summed E-state index contributed by atoms with van der Waals surface area (Å²) in [5.41, 5.74) is 5.61. The van der Waals surface area contributed by atoms with Crippen LogP contribution in [0.25, 0.3) is 10.9 Å². The van der Waals surface area contributed by atoms with Crippen molar-refractivity contribution in [1.82, 2.24) is 4.57 Å². The molecular weight excluding hydrogens is 464 g/mol. The first-order chi connectivity index (χ1) is 16.1.